The topological polar surface area (TPSA) is 109 Å². The summed E-state index contributed by atoms with van der Waals surface area (Å²) in [5, 5.41) is 8.68. The predicted molar refractivity (Wildman–Crippen MR) is 74.0 cm³/mol. The van der Waals surface area contributed by atoms with E-state index in [0.717, 1.165) is 0 Å². The van der Waals surface area contributed by atoms with Crippen LogP contribution in [0.25, 0.3) is 0 Å². The summed E-state index contributed by atoms with van der Waals surface area (Å²) in [5.41, 5.74) is 5.30. The van der Waals surface area contributed by atoms with Crippen LogP contribution < -0.4 is 10.5 Å². The molecule has 1 rings (SSSR count). The van der Waals surface area contributed by atoms with Crippen LogP contribution in [0.4, 0.5) is 0 Å². The summed E-state index contributed by atoms with van der Waals surface area (Å²) in [6, 6.07) is 5.54. The molecule has 0 aliphatic rings. The van der Waals surface area contributed by atoms with E-state index in [9.17, 15) is 13.2 Å². The molecule has 0 radical (unpaired) electrons. The lowest BCUT2D eigenvalue weighted by molar-refractivity contribution is -0.118. The minimum atomic E-state index is -3.81. The van der Waals surface area contributed by atoms with Crippen LogP contribution in [0, 0.1) is 11.8 Å². The van der Waals surface area contributed by atoms with E-state index in [0.29, 0.717) is 0 Å². The van der Waals surface area contributed by atoms with Crippen LogP contribution in [0.2, 0.25) is 0 Å². The van der Waals surface area contributed by atoms with E-state index in [2.05, 4.69) is 16.6 Å². The van der Waals surface area contributed by atoms with Crippen molar-refractivity contribution in [3.05, 3.63) is 29.8 Å². The average Bonchev–Trinajstić information content (AvgIpc) is 2.34. The Labute approximate surface area is 118 Å². The number of carbonyl (C=O) groups is 1. The Morgan fingerprint density at radius 2 is 2.10 bits per heavy atom. The standard InChI is InChI=1S/C13H16N2O4S/c1-10(9-13(14)17)15-20(18,19)12-7-3-2-5-11(12)6-4-8-16/h2-3,5,7,10,15-16H,8-9H2,1H3,(H2,14,17). The fourth-order valence-electron chi connectivity index (χ4n) is 1.61. The number of nitrogens with two attached hydrogens (primary N) is 1. The Hall–Kier alpha value is -1.88. The lowest BCUT2D eigenvalue weighted by Crippen LogP contribution is -2.36. The molecule has 1 atom stereocenters. The molecule has 4 N–H and O–H groups in total. The molecule has 0 heterocycles. The van der Waals surface area contributed by atoms with Gasteiger partial charge >= 0.3 is 0 Å². The summed E-state index contributed by atoms with van der Waals surface area (Å²) < 4.78 is 26.8. The van der Waals surface area contributed by atoms with E-state index in [-0.39, 0.29) is 23.5 Å². The summed E-state index contributed by atoms with van der Waals surface area (Å²) in [4.78, 5) is 10.8. The van der Waals surface area contributed by atoms with Gasteiger partial charge in [-0.3, -0.25) is 4.79 Å². The summed E-state index contributed by atoms with van der Waals surface area (Å²) in [6.45, 7) is 1.18. The predicted octanol–water partition coefficient (Wildman–Crippen LogP) is -0.427. The van der Waals surface area contributed by atoms with E-state index in [1.807, 2.05) is 0 Å². The summed E-state index contributed by atoms with van der Waals surface area (Å²) in [5.74, 6) is 4.38. The largest absolute Gasteiger partial charge is 0.384 e. The number of primary amides is 1. The third kappa shape index (κ3) is 4.66. The Morgan fingerprint density at radius 1 is 1.45 bits per heavy atom. The fraction of sp³-hybridized carbons (Fsp3) is 0.308. The molecule has 6 nitrogen and oxygen atoms in total. The van der Waals surface area contributed by atoms with Gasteiger partial charge in [-0.2, -0.15) is 0 Å². The SMILES string of the molecule is CC(CC(N)=O)NS(=O)(=O)c1ccccc1C#CCO. The lowest BCUT2D eigenvalue weighted by atomic mass is 10.2. The van der Waals surface area contributed by atoms with Crippen LogP contribution in [0.3, 0.4) is 0 Å². The van der Waals surface area contributed by atoms with Gasteiger partial charge in [0, 0.05) is 18.0 Å². The number of aliphatic hydroxyl groups excluding tert-OH is 1. The summed E-state index contributed by atoms with van der Waals surface area (Å²) in [6.07, 6.45) is -0.0935. The number of amides is 1. The second-order valence-electron chi connectivity index (χ2n) is 4.15. The van der Waals surface area contributed by atoms with Gasteiger partial charge in [0.05, 0.1) is 4.90 Å². The minimum absolute atomic E-state index is 0.00253. The number of sulfonamides is 1. The van der Waals surface area contributed by atoms with Gasteiger partial charge in [-0.25, -0.2) is 13.1 Å². The number of rotatable bonds is 5. The van der Waals surface area contributed by atoms with Gasteiger partial charge in [0.2, 0.25) is 15.9 Å². The quantitative estimate of drug-likeness (QED) is 0.641. The third-order valence-corrected chi connectivity index (χ3v) is 3.99. The van der Waals surface area contributed by atoms with Crippen LogP contribution in [0.1, 0.15) is 18.9 Å². The van der Waals surface area contributed by atoms with E-state index in [4.69, 9.17) is 10.8 Å². The number of aliphatic hydroxyl groups is 1. The van der Waals surface area contributed by atoms with Crippen LogP contribution in [-0.2, 0) is 14.8 Å². The van der Waals surface area contributed by atoms with Crippen molar-refractivity contribution in [2.45, 2.75) is 24.3 Å². The second kappa shape index (κ2) is 7.05. The highest BCUT2D eigenvalue weighted by Crippen LogP contribution is 2.15. The number of hydrogen-bond acceptors (Lipinski definition) is 4. The van der Waals surface area contributed by atoms with Crippen LogP contribution >= 0.6 is 0 Å². The first-order chi connectivity index (χ1) is 9.36. The smallest absolute Gasteiger partial charge is 0.242 e. The van der Waals surface area contributed by atoms with Gasteiger partial charge < -0.3 is 10.8 Å². The molecule has 20 heavy (non-hydrogen) atoms. The summed E-state index contributed by atoms with van der Waals surface area (Å²) in [7, 11) is -3.81. The highest BCUT2D eigenvalue weighted by atomic mass is 32.2. The molecule has 0 fully saturated rings. The number of hydrogen-bond donors (Lipinski definition) is 3. The van der Waals surface area contributed by atoms with E-state index in [1.54, 1.807) is 19.1 Å². The normalized spacial score (nSPS) is 12.3. The number of nitrogens with one attached hydrogen (secondary N) is 1. The fourth-order valence-corrected chi connectivity index (χ4v) is 3.02. The van der Waals surface area contributed by atoms with Crippen molar-refractivity contribution in [3.63, 3.8) is 0 Å². The molecular formula is C13H16N2O4S. The first kappa shape index (κ1) is 16.2. The molecule has 0 aliphatic heterocycles. The second-order valence-corrected chi connectivity index (χ2v) is 5.83. The van der Waals surface area contributed by atoms with Gasteiger partial charge in [0.15, 0.2) is 0 Å². The van der Waals surface area contributed by atoms with E-state index >= 15 is 0 Å². The molecule has 0 spiro atoms. The van der Waals surface area contributed by atoms with E-state index in [1.165, 1.54) is 12.1 Å². The minimum Gasteiger partial charge on any atom is -0.384 e. The molecule has 7 heteroatoms. The first-order valence-electron chi connectivity index (χ1n) is 5.86. The Kier molecular flexibility index (Phi) is 5.70. The molecule has 0 saturated heterocycles. The van der Waals surface area contributed by atoms with Gasteiger partial charge in [0.1, 0.15) is 6.61 Å². The Balaban J connectivity index is 3.07. The Bertz CT molecular complexity index is 644. The summed E-state index contributed by atoms with van der Waals surface area (Å²) >= 11 is 0. The van der Waals surface area contributed by atoms with Crippen LogP contribution in [0.15, 0.2) is 29.2 Å². The molecular weight excluding hydrogens is 280 g/mol. The number of carbonyl (C=O) groups excluding carboxylic acids is 1. The molecule has 0 saturated carbocycles. The molecule has 1 unspecified atom stereocenters. The number of benzene rings is 1. The molecule has 1 aromatic rings. The van der Waals surface area contributed by atoms with Gasteiger partial charge in [-0.1, -0.05) is 24.0 Å². The van der Waals surface area contributed by atoms with Crippen molar-refractivity contribution in [2.24, 2.45) is 5.73 Å². The zero-order valence-electron chi connectivity index (χ0n) is 11.0. The van der Waals surface area contributed by atoms with Crippen LogP contribution in [-0.4, -0.2) is 32.1 Å². The average molecular weight is 296 g/mol. The lowest BCUT2D eigenvalue weighted by Gasteiger charge is -2.13. The van der Waals surface area contributed by atoms with Crippen molar-refractivity contribution in [3.8, 4) is 11.8 Å². The molecule has 108 valence electrons. The van der Waals surface area contributed by atoms with Gasteiger partial charge in [-0.15, -0.1) is 0 Å². The maximum atomic E-state index is 12.2. The molecule has 0 bridgehead atoms. The van der Waals surface area contributed by atoms with Gasteiger partial charge in [-0.05, 0) is 19.1 Å². The van der Waals surface area contributed by atoms with Crippen molar-refractivity contribution in [2.75, 3.05) is 6.61 Å². The highest BCUT2D eigenvalue weighted by molar-refractivity contribution is 7.89. The Morgan fingerprint density at radius 3 is 2.70 bits per heavy atom. The molecule has 0 aliphatic carbocycles. The van der Waals surface area contributed by atoms with Crippen molar-refractivity contribution in [1.29, 1.82) is 0 Å². The highest BCUT2D eigenvalue weighted by Gasteiger charge is 2.20. The maximum Gasteiger partial charge on any atom is 0.242 e. The maximum absolute atomic E-state index is 12.2. The van der Waals surface area contributed by atoms with Crippen LogP contribution in [0.5, 0.6) is 0 Å². The first-order valence-corrected chi connectivity index (χ1v) is 7.34. The molecule has 1 aromatic carbocycles. The molecule has 0 aromatic heterocycles. The zero-order chi connectivity index (χ0) is 15.2. The van der Waals surface area contributed by atoms with Crippen molar-refractivity contribution >= 4 is 15.9 Å². The molecule has 1 amide bonds. The third-order valence-electron chi connectivity index (χ3n) is 2.34. The van der Waals surface area contributed by atoms with Gasteiger partial charge in [0.25, 0.3) is 0 Å². The van der Waals surface area contributed by atoms with Crippen molar-refractivity contribution in [1.82, 2.24) is 4.72 Å². The monoisotopic (exact) mass is 296 g/mol. The van der Waals surface area contributed by atoms with E-state index < -0.39 is 22.0 Å². The van der Waals surface area contributed by atoms with Crippen molar-refractivity contribution < 1.29 is 18.3 Å². The zero-order valence-corrected chi connectivity index (χ0v) is 11.8.